The molecule has 0 saturated carbocycles. The van der Waals surface area contributed by atoms with Gasteiger partial charge in [0.2, 0.25) is 5.95 Å². The van der Waals surface area contributed by atoms with E-state index in [1.54, 1.807) is 17.0 Å². The van der Waals surface area contributed by atoms with Crippen LogP contribution in [0.5, 0.6) is 11.8 Å². The fourth-order valence-electron chi connectivity index (χ4n) is 5.89. The summed E-state index contributed by atoms with van der Waals surface area (Å²) in [5, 5.41) is 21.8. The summed E-state index contributed by atoms with van der Waals surface area (Å²) in [6.45, 7) is 5.61. The minimum absolute atomic E-state index is 0.215. The highest BCUT2D eigenvalue weighted by atomic mass is 16.3. The van der Waals surface area contributed by atoms with Crippen molar-refractivity contribution in [2.75, 3.05) is 37.6 Å². The molecule has 4 aliphatic carbocycles. The molecule has 1 saturated heterocycles. The van der Waals surface area contributed by atoms with Gasteiger partial charge in [0.25, 0.3) is 0 Å². The average Bonchev–Trinajstić information content (AvgIpc) is 3.04. The quantitative estimate of drug-likeness (QED) is 0.554. The molecule has 3 heterocycles. The van der Waals surface area contributed by atoms with Gasteiger partial charge in [0, 0.05) is 68.1 Å². The Balaban J connectivity index is 1.03. The first-order valence-electron chi connectivity index (χ1n) is 11.5. The first-order valence-corrected chi connectivity index (χ1v) is 11.5. The molecular weight excluding hydrogens is 390 g/mol. The standard InChI is InChI=1S/C24H29N5O2/c30-22-20-18-6-7-19(17-5-4-16(17)18)21(20)23(31)29(22)11-2-1-10-27-12-14-28(15-13-27)24-25-8-3-9-26-24/h3-9,16-19,30-31H,1-2,10-15H2/t16-,17+,18-,19+. The van der Waals surface area contributed by atoms with Crippen molar-refractivity contribution in [3.05, 3.63) is 53.9 Å². The van der Waals surface area contributed by atoms with Gasteiger partial charge in [0.05, 0.1) is 0 Å². The molecule has 2 bridgehead atoms. The molecule has 7 heteroatoms. The van der Waals surface area contributed by atoms with Crippen LogP contribution in [0.15, 0.2) is 42.8 Å². The van der Waals surface area contributed by atoms with E-state index in [1.165, 1.54) is 0 Å². The van der Waals surface area contributed by atoms with Gasteiger partial charge in [-0.2, -0.15) is 0 Å². The van der Waals surface area contributed by atoms with Gasteiger partial charge in [0.15, 0.2) is 11.8 Å². The van der Waals surface area contributed by atoms with Crippen molar-refractivity contribution in [3.63, 3.8) is 0 Å². The summed E-state index contributed by atoms with van der Waals surface area (Å²) in [5.41, 5.74) is 1.93. The number of unbranched alkanes of at least 4 members (excludes halogenated alkanes) is 1. The molecule has 7 nitrogen and oxygen atoms in total. The third-order valence-corrected chi connectivity index (χ3v) is 7.62. The predicted molar refractivity (Wildman–Crippen MR) is 118 cm³/mol. The minimum Gasteiger partial charge on any atom is -0.494 e. The molecule has 5 aliphatic rings. The number of rotatable bonds is 6. The zero-order chi connectivity index (χ0) is 20.9. The van der Waals surface area contributed by atoms with Gasteiger partial charge in [-0.1, -0.05) is 24.3 Å². The Morgan fingerprint density at radius 1 is 0.774 bits per heavy atom. The van der Waals surface area contributed by atoms with Crippen LogP contribution < -0.4 is 4.90 Å². The third-order valence-electron chi connectivity index (χ3n) is 7.62. The molecule has 1 aliphatic heterocycles. The highest BCUT2D eigenvalue weighted by molar-refractivity contribution is 5.59. The van der Waals surface area contributed by atoms with Gasteiger partial charge in [-0.25, -0.2) is 9.97 Å². The van der Waals surface area contributed by atoms with Gasteiger partial charge >= 0.3 is 0 Å². The van der Waals surface area contributed by atoms with Crippen LogP contribution in [-0.4, -0.2) is 62.4 Å². The maximum Gasteiger partial charge on any atom is 0.225 e. The van der Waals surface area contributed by atoms with E-state index in [9.17, 15) is 10.2 Å². The Morgan fingerprint density at radius 3 is 1.94 bits per heavy atom. The Hall–Kier alpha value is -2.80. The van der Waals surface area contributed by atoms with Crippen LogP contribution in [0, 0.1) is 11.8 Å². The van der Waals surface area contributed by atoms with Crippen LogP contribution in [0.3, 0.4) is 0 Å². The molecule has 2 aromatic rings. The topological polar surface area (TPSA) is 77.7 Å². The molecular formula is C24H29N5O2. The zero-order valence-corrected chi connectivity index (χ0v) is 17.6. The summed E-state index contributed by atoms with van der Waals surface area (Å²) in [6.07, 6.45) is 14.5. The fourth-order valence-corrected chi connectivity index (χ4v) is 5.89. The molecule has 1 fully saturated rings. The highest BCUT2D eigenvalue weighted by Gasteiger charge is 2.49. The lowest BCUT2D eigenvalue weighted by Gasteiger charge is -2.47. The number of aromatic nitrogens is 3. The maximum absolute atomic E-state index is 10.9. The Bertz CT molecular complexity index is 977. The van der Waals surface area contributed by atoms with Crippen LogP contribution in [-0.2, 0) is 6.54 Å². The van der Waals surface area contributed by atoms with Crippen LogP contribution in [0.1, 0.15) is 35.8 Å². The van der Waals surface area contributed by atoms with Gasteiger partial charge in [0.1, 0.15) is 0 Å². The molecule has 0 unspecified atom stereocenters. The molecule has 4 atom stereocenters. The first-order chi connectivity index (χ1) is 15.2. The molecule has 2 N–H and O–H groups in total. The van der Waals surface area contributed by atoms with Crippen LogP contribution >= 0.6 is 0 Å². The second kappa shape index (κ2) is 7.41. The lowest BCUT2D eigenvalue weighted by molar-refractivity contribution is 0.248. The Morgan fingerprint density at radius 2 is 1.35 bits per heavy atom. The maximum atomic E-state index is 10.9. The molecule has 31 heavy (non-hydrogen) atoms. The molecule has 0 aromatic carbocycles. The number of aromatic hydroxyl groups is 2. The number of hydrogen-bond donors (Lipinski definition) is 2. The van der Waals surface area contributed by atoms with E-state index in [-0.39, 0.29) is 23.6 Å². The van der Waals surface area contributed by atoms with E-state index in [0.717, 1.165) is 62.6 Å². The van der Waals surface area contributed by atoms with Crippen LogP contribution in [0.2, 0.25) is 0 Å². The summed E-state index contributed by atoms with van der Waals surface area (Å²) in [6, 6.07) is 1.85. The summed E-state index contributed by atoms with van der Waals surface area (Å²) >= 11 is 0. The Kier molecular flexibility index (Phi) is 4.52. The van der Waals surface area contributed by atoms with Crippen LogP contribution in [0.4, 0.5) is 5.95 Å². The van der Waals surface area contributed by atoms with E-state index < -0.39 is 0 Å². The minimum atomic E-state index is 0.215. The van der Waals surface area contributed by atoms with E-state index in [2.05, 4.69) is 44.1 Å². The van der Waals surface area contributed by atoms with Crippen LogP contribution in [0.25, 0.3) is 0 Å². The third kappa shape index (κ3) is 2.97. The van der Waals surface area contributed by atoms with E-state index in [0.29, 0.717) is 18.4 Å². The summed E-state index contributed by atoms with van der Waals surface area (Å²) in [5.74, 6) is 2.78. The van der Waals surface area contributed by atoms with Crippen molar-refractivity contribution in [1.82, 2.24) is 19.4 Å². The lowest BCUT2D eigenvalue weighted by Crippen LogP contribution is -2.47. The first kappa shape index (κ1) is 18.9. The molecule has 162 valence electrons. The van der Waals surface area contributed by atoms with E-state index in [1.807, 2.05) is 6.07 Å². The summed E-state index contributed by atoms with van der Waals surface area (Å²) < 4.78 is 1.74. The zero-order valence-electron chi connectivity index (χ0n) is 17.6. The number of allylic oxidation sites excluding steroid dienone is 4. The largest absolute Gasteiger partial charge is 0.494 e. The van der Waals surface area contributed by atoms with Gasteiger partial charge in [-0.3, -0.25) is 9.47 Å². The Labute approximate surface area is 182 Å². The fraction of sp³-hybridized carbons (Fsp3) is 0.500. The van der Waals surface area contributed by atoms with Crippen molar-refractivity contribution in [2.45, 2.75) is 31.2 Å². The van der Waals surface area contributed by atoms with Gasteiger partial charge in [-0.05, 0) is 37.3 Å². The monoisotopic (exact) mass is 419 g/mol. The van der Waals surface area contributed by atoms with E-state index >= 15 is 0 Å². The summed E-state index contributed by atoms with van der Waals surface area (Å²) in [4.78, 5) is 13.4. The molecule has 0 spiro atoms. The smallest absolute Gasteiger partial charge is 0.225 e. The molecule has 7 rings (SSSR count). The van der Waals surface area contributed by atoms with Crippen molar-refractivity contribution in [1.29, 1.82) is 0 Å². The highest BCUT2D eigenvalue weighted by Crippen LogP contribution is 2.61. The molecule has 0 amide bonds. The number of anilines is 1. The predicted octanol–water partition coefficient (Wildman–Crippen LogP) is 2.84. The summed E-state index contributed by atoms with van der Waals surface area (Å²) in [7, 11) is 0. The van der Waals surface area contributed by atoms with Gasteiger partial charge < -0.3 is 15.1 Å². The van der Waals surface area contributed by atoms with Crippen molar-refractivity contribution >= 4 is 5.95 Å². The normalized spacial score (nSPS) is 28.5. The lowest BCUT2D eigenvalue weighted by atomic mass is 9.56. The molecule has 2 aromatic heterocycles. The number of hydrogen-bond acceptors (Lipinski definition) is 6. The second-order valence-electron chi connectivity index (χ2n) is 9.19. The van der Waals surface area contributed by atoms with Crippen molar-refractivity contribution in [3.8, 4) is 11.8 Å². The number of piperazine rings is 1. The number of nitrogens with zero attached hydrogens (tertiary/aromatic N) is 5. The van der Waals surface area contributed by atoms with Gasteiger partial charge in [-0.15, -0.1) is 0 Å². The van der Waals surface area contributed by atoms with Crippen molar-refractivity contribution in [2.24, 2.45) is 11.8 Å². The van der Waals surface area contributed by atoms with Crippen molar-refractivity contribution < 1.29 is 10.2 Å². The molecule has 0 radical (unpaired) electrons. The van der Waals surface area contributed by atoms with E-state index in [4.69, 9.17) is 0 Å². The average molecular weight is 420 g/mol. The SMILES string of the molecule is Oc1c2c(c(O)n1CCCCN1CCN(c3ncccn3)CC1)[C@@H]1C=C[C@H]2[C@H]2C=C[C@H]21. The second-order valence-corrected chi connectivity index (χ2v) is 9.19.